The molecule has 0 saturated heterocycles. The number of benzene rings is 1. The van der Waals surface area contributed by atoms with Crippen LogP contribution in [0.1, 0.15) is 5.69 Å². The maximum Gasteiger partial charge on any atom is 0.284 e. The van der Waals surface area contributed by atoms with E-state index >= 15 is 0 Å². The molecule has 0 amide bonds. The third kappa shape index (κ3) is 3.76. The second kappa shape index (κ2) is 5.78. The zero-order valence-corrected chi connectivity index (χ0v) is 12.8. The predicted molar refractivity (Wildman–Crippen MR) is 77.1 cm³/mol. The minimum atomic E-state index is -3.50. The molecule has 1 aromatic heterocycles. The highest BCUT2D eigenvalue weighted by molar-refractivity contribution is 7.99. The van der Waals surface area contributed by atoms with E-state index in [1.165, 1.54) is 12.1 Å². The lowest BCUT2D eigenvalue weighted by atomic mass is 10.3. The average Bonchev–Trinajstić information content (AvgIpc) is 2.37. The van der Waals surface area contributed by atoms with E-state index < -0.39 is 14.8 Å². The molecule has 0 unspecified atom stereocenters. The van der Waals surface area contributed by atoms with E-state index in [0.29, 0.717) is 5.16 Å². The van der Waals surface area contributed by atoms with Gasteiger partial charge in [0.05, 0.1) is 14.7 Å². The van der Waals surface area contributed by atoms with Crippen LogP contribution in [0.2, 0.25) is 0 Å². The normalized spacial score (nSPS) is 11.3. The summed E-state index contributed by atoms with van der Waals surface area (Å²) in [5.41, 5.74) is 0.455. The van der Waals surface area contributed by atoms with E-state index in [1.807, 2.05) is 0 Å². The van der Waals surface area contributed by atoms with Crippen LogP contribution < -0.4 is 0 Å². The Balaban J connectivity index is 2.47. The number of nitro groups is 1. The van der Waals surface area contributed by atoms with Crippen molar-refractivity contribution in [1.29, 1.82) is 0 Å². The molecule has 0 saturated carbocycles. The first kappa shape index (κ1) is 15.4. The Kier molecular flexibility index (Phi) is 4.24. The number of aryl methyl sites for hydroxylation is 1. The quantitative estimate of drug-likeness (QED) is 0.482. The summed E-state index contributed by atoms with van der Waals surface area (Å²) in [5, 5.41) is 11.5. The highest BCUT2D eigenvalue weighted by Gasteiger charge is 2.20. The molecule has 0 aliphatic rings. The van der Waals surface area contributed by atoms with Gasteiger partial charge in [-0.3, -0.25) is 10.1 Å². The van der Waals surface area contributed by atoms with Gasteiger partial charge in [-0.15, -0.1) is 0 Å². The summed E-state index contributed by atoms with van der Waals surface area (Å²) >= 11 is 1.02. The first-order valence-corrected chi connectivity index (χ1v) is 8.44. The van der Waals surface area contributed by atoms with Crippen molar-refractivity contribution in [3.8, 4) is 0 Å². The fraction of sp³-hybridized carbons (Fsp3) is 0.167. The van der Waals surface area contributed by atoms with Crippen molar-refractivity contribution in [1.82, 2.24) is 9.97 Å². The summed E-state index contributed by atoms with van der Waals surface area (Å²) < 4.78 is 22.9. The lowest BCUT2D eigenvalue weighted by Crippen LogP contribution is -2.00. The highest BCUT2D eigenvalue weighted by Crippen LogP contribution is 2.34. The molecule has 0 atom stereocenters. The molecule has 0 N–H and O–H groups in total. The zero-order chi connectivity index (χ0) is 15.6. The molecule has 110 valence electrons. The van der Waals surface area contributed by atoms with Crippen LogP contribution in [0.4, 0.5) is 5.69 Å². The van der Waals surface area contributed by atoms with Crippen molar-refractivity contribution in [2.24, 2.45) is 0 Å². The first-order valence-electron chi connectivity index (χ1n) is 5.73. The maximum absolute atomic E-state index is 11.5. The summed E-state index contributed by atoms with van der Waals surface area (Å²) in [7, 11) is -3.50. The van der Waals surface area contributed by atoms with E-state index in [0.717, 1.165) is 29.8 Å². The Bertz CT molecular complexity index is 806. The summed E-state index contributed by atoms with van der Waals surface area (Å²) in [6.45, 7) is 1.78. The number of nitro benzene ring substituents is 1. The van der Waals surface area contributed by atoms with Gasteiger partial charge in [0.1, 0.15) is 0 Å². The molecule has 0 bridgehead atoms. The van der Waals surface area contributed by atoms with Crippen LogP contribution in [-0.2, 0) is 9.84 Å². The summed E-state index contributed by atoms with van der Waals surface area (Å²) in [6.07, 6.45) is 2.56. The molecule has 1 aromatic carbocycles. The third-order valence-electron chi connectivity index (χ3n) is 2.53. The van der Waals surface area contributed by atoms with Crippen LogP contribution in [0, 0.1) is 17.0 Å². The molecule has 0 radical (unpaired) electrons. The van der Waals surface area contributed by atoms with Crippen molar-refractivity contribution in [2.75, 3.05) is 6.26 Å². The molecule has 0 aliphatic carbocycles. The van der Waals surface area contributed by atoms with Crippen LogP contribution in [-0.4, -0.2) is 29.6 Å². The standard InChI is InChI=1S/C12H11N3O4S2/c1-8-5-6-13-12(14-8)20-11-4-3-9(21(2,18)19)7-10(11)15(16)17/h3-7H,1-2H3. The average molecular weight is 325 g/mol. The van der Waals surface area contributed by atoms with Gasteiger partial charge in [-0.1, -0.05) is 0 Å². The molecule has 2 aromatic rings. The molecule has 0 spiro atoms. The second-order valence-corrected chi connectivity index (χ2v) is 7.27. The number of nitrogens with zero attached hydrogens (tertiary/aromatic N) is 3. The number of hydrogen-bond donors (Lipinski definition) is 0. The second-order valence-electron chi connectivity index (χ2n) is 4.24. The zero-order valence-electron chi connectivity index (χ0n) is 11.2. The van der Waals surface area contributed by atoms with Gasteiger partial charge in [0.15, 0.2) is 15.0 Å². The van der Waals surface area contributed by atoms with Crippen LogP contribution in [0.3, 0.4) is 0 Å². The monoisotopic (exact) mass is 325 g/mol. The van der Waals surface area contributed by atoms with Crippen molar-refractivity contribution >= 4 is 27.3 Å². The molecular formula is C12H11N3O4S2. The minimum absolute atomic E-state index is 0.0938. The molecule has 1 heterocycles. The van der Waals surface area contributed by atoms with Crippen molar-refractivity contribution in [3.63, 3.8) is 0 Å². The van der Waals surface area contributed by atoms with Crippen molar-refractivity contribution in [2.45, 2.75) is 21.9 Å². The smallest absolute Gasteiger partial charge is 0.258 e. The summed E-state index contributed by atoms with van der Waals surface area (Å²) in [6, 6.07) is 5.49. The van der Waals surface area contributed by atoms with Gasteiger partial charge in [0.2, 0.25) is 0 Å². The van der Waals surface area contributed by atoms with E-state index in [1.54, 1.807) is 19.2 Å². The largest absolute Gasteiger partial charge is 0.284 e. The number of hydrogen-bond acceptors (Lipinski definition) is 7. The maximum atomic E-state index is 11.5. The number of sulfone groups is 1. The van der Waals surface area contributed by atoms with Crippen LogP contribution in [0.5, 0.6) is 0 Å². The Morgan fingerprint density at radius 1 is 1.29 bits per heavy atom. The Morgan fingerprint density at radius 3 is 2.57 bits per heavy atom. The van der Waals surface area contributed by atoms with E-state index in [2.05, 4.69) is 9.97 Å². The Hall–Kier alpha value is -2.00. The SMILES string of the molecule is Cc1ccnc(Sc2ccc(S(C)(=O)=O)cc2[N+](=O)[O-])n1. The lowest BCUT2D eigenvalue weighted by molar-refractivity contribution is -0.388. The highest BCUT2D eigenvalue weighted by atomic mass is 32.2. The fourth-order valence-electron chi connectivity index (χ4n) is 1.53. The van der Waals surface area contributed by atoms with Crippen LogP contribution in [0.15, 0.2) is 45.4 Å². The number of aromatic nitrogens is 2. The molecule has 9 heteroatoms. The molecule has 7 nitrogen and oxygen atoms in total. The van der Waals surface area contributed by atoms with E-state index in [-0.39, 0.29) is 15.5 Å². The predicted octanol–water partition coefficient (Wildman–Crippen LogP) is 2.25. The topological polar surface area (TPSA) is 103 Å². The third-order valence-corrected chi connectivity index (χ3v) is 4.58. The van der Waals surface area contributed by atoms with Gasteiger partial charge in [0, 0.05) is 24.2 Å². The molecule has 0 fully saturated rings. The molecule has 2 rings (SSSR count). The Morgan fingerprint density at radius 2 is 2.00 bits per heavy atom. The molecular weight excluding hydrogens is 314 g/mol. The van der Waals surface area contributed by atoms with Crippen molar-refractivity contribution in [3.05, 3.63) is 46.3 Å². The minimum Gasteiger partial charge on any atom is -0.258 e. The van der Waals surface area contributed by atoms with Gasteiger partial charge in [-0.05, 0) is 36.9 Å². The van der Waals surface area contributed by atoms with E-state index in [9.17, 15) is 18.5 Å². The van der Waals surface area contributed by atoms with Crippen LogP contribution >= 0.6 is 11.8 Å². The van der Waals surface area contributed by atoms with Crippen molar-refractivity contribution < 1.29 is 13.3 Å². The van der Waals surface area contributed by atoms with Gasteiger partial charge in [-0.2, -0.15) is 0 Å². The fourth-order valence-corrected chi connectivity index (χ4v) is 3.05. The van der Waals surface area contributed by atoms with Gasteiger partial charge in [-0.25, -0.2) is 18.4 Å². The van der Waals surface area contributed by atoms with E-state index in [4.69, 9.17) is 0 Å². The van der Waals surface area contributed by atoms with Gasteiger partial charge >= 0.3 is 0 Å². The molecule has 21 heavy (non-hydrogen) atoms. The van der Waals surface area contributed by atoms with Gasteiger partial charge < -0.3 is 0 Å². The Labute approximate surface area is 125 Å². The summed E-state index contributed by atoms with van der Waals surface area (Å²) in [5.74, 6) is 0. The van der Waals surface area contributed by atoms with Crippen LogP contribution in [0.25, 0.3) is 0 Å². The first-order chi connectivity index (χ1) is 9.77. The molecule has 0 aliphatic heterocycles. The lowest BCUT2D eigenvalue weighted by Gasteiger charge is -2.04. The number of rotatable bonds is 4. The van der Waals surface area contributed by atoms with Gasteiger partial charge in [0.25, 0.3) is 5.69 Å². The summed E-state index contributed by atoms with van der Waals surface area (Å²) in [4.78, 5) is 18.9.